The second-order valence-corrected chi connectivity index (χ2v) is 3.83. The summed E-state index contributed by atoms with van der Waals surface area (Å²) in [6.45, 7) is 1.98. The quantitative estimate of drug-likeness (QED) is 0.853. The Bertz CT molecular complexity index is 491. The molecule has 0 aromatic heterocycles. The van der Waals surface area contributed by atoms with Crippen LogP contribution in [0.2, 0.25) is 0 Å². The Morgan fingerprint density at radius 3 is 2.44 bits per heavy atom. The monoisotopic (exact) mass is 216 g/mol. The topological polar surface area (TPSA) is 29.5 Å². The van der Waals surface area contributed by atoms with Crippen molar-refractivity contribution in [1.82, 2.24) is 0 Å². The Morgan fingerprint density at radius 2 is 1.81 bits per heavy atom. The van der Waals surface area contributed by atoms with Gasteiger partial charge in [-0.3, -0.25) is 0 Å². The van der Waals surface area contributed by atoms with Gasteiger partial charge in [0, 0.05) is 5.39 Å². The third-order valence-electron chi connectivity index (χ3n) is 2.88. The van der Waals surface area contributed by atoms with Crippen LogP contribution in [0.4, 0.5) is 0 Å². The van der Waals surface area contributed by atoms with Gasteiger partial charge in [0.05, 0.1) is 13.2 Å². The SMILES string of the molecule is CCC(O)c1ccc(OC)c2ccccc12. The second-order valence-electron chi connectivity index (χ2n) is 3.83. The summed E-state index contributed by atoms with van der Waals surface area (Å²) in [4.78, 5) is 0. The molecular weight excluding hydrogens is 200 g/mol. The zero-order valence-electron chi connectivity index (χ0n) is 9.60. The molecule has 2 nitrogen and oxygen atoms in total. The van der Waals surface area contributed by atoms with Gasteiger partial charge in [0.2, 0.25) is 0 Å². The van der Waals surface area contributed by atoms with Crippen LogP contribution >= 0.6 is 0 Å². The molecule has 2 aromatic rings. The Hall–Kier alpha value is -1.54. The molecule has 2 aromatic carbocycles. The van der Waals surface area contributed by atoms with E-state index in [-0.39, 0.29) is 0 Å². The summed E-state index contributed by atoms with van der Waals surface area (Å²) in [5.41, 5.74) is 0.971. The highest BCUT2D eigenvalue weighted by Gasteiger charge is 2.11. The fourth-order valence-electron chi connectivity index (χ4n) is 1.98. The molecule has 0 aliphatic rings. The number of hydrogen-bond acceptors (Lipinski definition) is 2. The van der Waals surface area contributed by atoms with Crippen molar-refractivity contribution < 1.29 is 9.84 Å². The first-order valence-corrected chi connectivity index (χ1v) is 5.51. The first kappa shape index (κ1) is 11.0. The Kier molecular flexibility index (Phi) is 3.11. The van der Waals surface area contributed by atoms with Crippen molar-refractivity contribution in [2.45, 2.75) is 19.4 Å². The molecule has 0 aliphatic carbocycles. The van der Waals surface area contributed by atoms with E-state index in [1.807, 2.05) is 43.3 Å². The van der Waals surface area contributed by atoms with E-state index in [4.69, 9.17) is 4.74 Å². The summed E-state index contributed by atoms with van der Waals surface area (Å²) in [5, 5.41) is 12.1. The highest BCUT2D eigenvalue weighted by atomic mass is 16.5. The van der Waals surface area contributed by atoms with Gasteiger partial charge >= 0.3 is 0 Å². The summed E-state index contributed by atoms with van der Waals surface area (Å²) >= 11 is 0. The molecule has 16 heavy (non-hydrogen) atoms. The molecule has 1 N–H and O–H groups in total. The van der Waals surface area contributed by atoms with Crippen LogP contribution in [0.25, 0.3) is 10.8 Å². The van der Waals surface area contributed by atoms with Gasteiger partial charge in [-0.1, -0.05) is 37.3 Å². The highest BCUT2D eigenvalue weighted by molar-refractivity contribution is 5.91. The fraction of sp³-hybridized carbons (Fsp3) is 0.286. The lowest BCUT2D eigenvalue weighted by molar-refractivity contribution is 0.175. The van der Waals surface area contributed by atoms with Crippen molar-refractivity contribution in [3.05, 3.63) is 42.0 Å². The van der Waals surface area contributed by atoms with E-state index in [9.17, 15) is 5.11 Å². The minimum atomic E-state index is -0.407. The van der Waals surface area contributed by atoms with Crippen LogP contribution < -0.4 is 4.74 Å². The minimum Gasteiger partial charge on any atom is -0.496 e. The summed E-state index contributed by atoms with van der Waals surface area (Å²) < 4.78 is 5.31. The summed E-state index contributed by atoms with van der Waals surface area (Å²) in [6, 6.07) is 11.8. The largest absolute Gasteiger partial charge is 0.496 e. The lowest BCUT2D eigenvalue weighted by Crippen LogP contribution is -1.97. The normalized spacial score (nSPS) is 12.7. The van der Waals surface area contributed by atoms with Gasteiger partial charge in [0.1, 0.15) is 5.75 Å². The van der Waals surface area contributed by atoms with Crippen molar-refractivity contribution in [3.63, 3.8) is 0 Å². The van der Waals surface area contributed by atoms with Gasteiger partial charge in [0.15, 0.2) is 0 Å². The van der Waals surface area contributed by atoms with E-state index in [1.54, 1.807) is 7.11 Å². The van der Waals surface area contributed by atoms with E-state index in [0.717, 1.165) is 28.5 Å². The third-order valence-corrected chi connectivity index (χ3v) is 2.88. The molecule has 0 fully saturated rings. The van der Waals surface area contributed by atoms with Gasteiger partial charge < -0.3 is 9.84 Å². The van der Waals surface area contributed by atoms with Crippen LogP contribution in [0.5, 0.6) is 5.75 Å². The molecule has 1 unspecified atom stereocenters. The van der Waals surface area contributed by atoms with Crippen LogP contribution in [0, 0.1) is 0 Å². The molecule has 2 heteroatoms. The molecule has 0 spiro atoms. The van der Waals surface area contributed by atoms with E-state index >= 15 is 0 Å². The number of aliphatic hydroxyl groups is 1. The van der Waals surface area contributed by atoms with Crippen molar-refractivity contribution in [1.29, 1.82) is 0 Å². The molecule has 0 saturated heterocycles. The van der Waals surface area contributed by atoms with Gasteiger partial charge in [-0.05, 0) is 23.4 Å². The number of methoxy groups -OCH3 is 1. The van der Waals surface area contributed by atoms with Crippen molar-refractivity contribution in [3.8, 4) is 5.75 Å². The Balaban J connectivity index is 2.69. The van der Waals surface area contributed by atoms with Crippen LogP contribution in [0.15, 0.2) is 36.4 Å². The molecule has 1 atom stereocenters. The maximum absolute atomic E-state index is 9.95. The molecule has 2 rings (SSSR count). The van der Waals surface area contributed by atoms with E-state index in [1.165, 1.54) is 0 Å². The maximum atomic E-state index is 9.95. The highest BCUT2D eigenvalue weighted by Crippen LogP contribution is 2.32. The average Bonchev–Trinajstić information content (AvgIpc) is 2.36. The number of ether oxygens (including phenoxy) is 1. The zero-order valence-corrected chi connectivity index (χ0v) is 9.60. The van der Waals surface area contributed by atoms with Crippen molar-refractivity contribution >= 4 is 10.8 Å². The summed E-state index contributed by atoms with van der Waals surface area (Å²) in [6.07, 6.45) is 0.312. The number of rotatable bonds is 3. The molecule has 0 saturated carbocycles. The summed E-state index contributed by atoms with van der Waals surface area (Å²) in [7, 11) is 1.66. The number of benzene rings is 2. The molecule has 0 aliphatic heterocycles. The predicted octanol–water partition coefficient (Wildman–Crippen LogP) is 3.29. The Morgan fingerprint density at radius 1 is 1.12 bits per heavy atom. The minimum absolute atomic E-state index is 0.407. The van der Waals surface area contributed by atoms with Gasteiger partial charge in [-0.2, -0.15) is 0 Å². The Labute approximate surface area is 95.5 Å². The van der Waals surface area contributed by atoms with Gasteiger partial charge in [-0.15, -0.1) is 0 Å². The van der Waals surface area contributed by atoms with E-state index < -0.39 is 6.10 Å². The predicted molar refractivity (Wildman–Crippen MR) is 65.8 cm³/mol. The van der Waals surface area contributed by atoms with Crippen LogP contribution in [-0.4, -0.2) is 12.2 Å². The second kappa shape index (κ2) is 4.54. The van der Waals surface area contributed by atoms with Gasteiger partial charge in [-0.25, -0.2) is 0 Å². The first-order valence-electron chi connectivity index (χ1n) is 5.51. The smallest absolute Gasteiger partial charge is 0.126 e. The van der Waals surface area contributed by atoms with Crippen LogP contribution in [0.3, 0.4) is 0 Å². The third kappa shape index (κ3) is 1.76. The molecule has 0 heterocycles. The number of fused-ring (bicyclic) bond motifs is 1. The molecule has 0 bridgehead atoms. The number of hydrogen-bond donors (Lipinski definition) is 1. The van der Waals surface area contributed by atoms with Crippen LogP contribution in [-0.2, 0) is 0 Å². The molecule has 0 amide bonds. The van der Waals surface area contributed by atoms with Crippen molar-refractivity contribution in [2.24, 2.45) is 0 Å². The standard InChI is InChI=1S/C14H16O2/c1-3-13(15)11-8-9-14(16-2)12-7-5-4-6-10(11)12/h4-9,13,15H,3H2,1-2H3. The van der Waals surface area contributed by atoms with Crippen LogP contribution in [0.1, 0.15) is 25.0 Å². The first-order chi connectivity index (χ1) is 7.77. The van der Waals surface area contributed by atoms with E-state index in [2.05, 4.69) is 0 Å². The average molecular weight is 216 g/mol. The summed E-state index contributed by atoms with van der Waals surface area (Å²) in [5.74, 6) is 0.850. The van der Waals surface area contributed by atoms with E-state index in [0.29, 0.717) is 0 Å². The number of aliphatic hydroxyl groups excluding tert-OH is 1. The molecule has 0 radical (unpaired) electrons. The lowest BCUT2D eigenvalue weighted by atomic mass is 9.98. The van der Waals surface area contributed by atoms with Crippen molar-refractivity contribution in [2.75, 3.05) is 7.11 Å². The van der Waals surface area contributed by atoms with Gasteiger partial charge in [0.25, 0.3) is 0 Å². The molecular formula is C14H16O2. The zero-order chi connectivity index (χ0) is 11.5. The molecule has 84 valence electrons. The fourth-order valence-corrected chi connectivity index (χ4v) is 1.98. The maximum Gasteiger partial charge on any atom is 0.126 e. The lowest BCUT2D eigenvalue weighted by Gasteiger charge is -2.13.